The van der Waals surface area contributed by atoms with Crippen LogP contribution < -0.4 is 5.73 Å². The van der Waals surface area contributed by atoms with Gasteiger partial charge in [0.1, 0.15) is 0 Å². The Hall–Kier alpha value is -0.280. The van der Waals surface area contributed by atoms with Crippen LogP contribution in [0.4, 0.5) is 0 Å². The molecule has 0 radical (unpaired) electrons. The van der Waals surface area contributed by atoms with Crippen LogP contribution in [0, 0.1) is 0 Å². The standard InChI is InChI=1S/C9H11Cl2NO/c10-7-1-2-8(9(11)3-7)6(4-12)5-13/h1-3,6,13H,4-5,12H2. The summed E-state index contributed by atoms with van der Waals surface area (Å²) in [6.45, 7) is 0.371. The molecule has 0 amide bonds. The number of hydrogen-bond acceptors (Lipinski definition) is 2. The molecule has 1 aromatic carbocycles. The van der Waals surface area contributed by atoms with Crippen molar-refractivity contribution in [2.75, 3.05) is 13.2 Å². The van der Waals surface area contributed by atoms with E-state index in [4.69, 9.17) is 34.0 Å². The summed E-state index contributed by atoms with van der Waals surface area (Å²) >= 11 is 11.7. The molecule has 0 heterocycles. The van der Waals surface area contributed by atoms with Crippen molar-refractivity contribution in [2.45, 2.75) is 5.92 Å². The van der Waals surface area contributed by atoms with E-state index in [0.717, 1.165) is 5.56 Å². The molecule has 3 N–H and O–H groups in total. The Morgan fingerprint density at radius 1 is 1.38 bits per heavy atom. The molecule has 2 nitrogen and oxygen atoms in total. The van der Waals surface area contributed by atoms with E-state index in [2.05, 4.69) is 0 Å². The third-order valence-corrected chi connectivity index (χ3v) is 2.47. The first-order chi connectivity index (χ1) is 6.19. The van der Waals surface area contributed by atoms with Crippen molar-refractivity contribution in [3.63, 3.8) is 0 Å². The Labute approximate surface area is 87.3 Å². The van der Waals surface area contributed by atoms with Crippen LogP contribution in [0.25, 0.3) is 0 Å². The van der Waals surface area contributed by atoms with Crippen LogP contribution in [0.1, 0.15) is 11.5 Å². The first-order valence-electron chi connectivity index (χ1n) is 3.95. The number of hydrogen-bond donors (Lipinski definition) is 2. The van der Waals surface area contributed by atoms with Crippen LogP contribution in [-0.4, -0.2) is 18.3 Å². The van der Waals surface area contributed by atoms with Gasteiger partial charge in [0, 0.05) is 22.5 Å². The van der Waals surface area contributed by atoms with Crippen LogP contribution >= 0.6 is 23.2 Å². The highest BCUT2D eigenvalue weighted by molar-refractivity contribution is 6.35. The number of aliphatic hydroxyl groups excluding tert-OH is 1. The van der Waals surface area contributed by atoms with Crippen molar-refractivity contribution in [2.24, 2.45) is 5.73 Å². The van der Waals surface area contributed by atoms with Crippen molar-refractivity contribution >= 4 is 23.2 Å². The lowest BCUT2D eigenvalue weighted by Crippen LogP contribution is -2.16. The molecule has 0 spiro atoms. The van der Waals surface area contributed by atoms with Gasteiger partial charge in [-0.1, -0.05) is 29.3 Å². The third-order valence-electron chi connectivity index (χ3n) is 1.91. The van der Waals surface area contributed by atoms with Crippen LogP contribution in [0.2, 0.25) is 10.0 Å². The topological polar surface area (TPSA) is 46.2 Å². The molecule has 1 aromatic rings. The summed E-state index contributed by atoms with van der Waals surface area (Å²) in [5, 5.41) is 10.1. The van der Waals surface area contributed by atoms with E-state index < -0.39 is 0 Å². The van der Waals surface area contributed by atoms with E-state index in [1.54, 1.807) is 18.2 Å². The van der Waals surface area contributed by atoms with E-state index in [9.17, 15) is 0 Å². The largest absolute Gasteiger partial charge is 0.396 e. The van der Waals surface area contributed by atoms with Gasteiger partial charge in [0.2, 0.25) is 0 Å². The molecule has 4 heteroatoms. The van der Waals surface area contributed by atoms with E-state index in [-0.39, 0.29) is 12.5 Å². The molecule has 0 aliphatic carbocycles. The molecule has 1 unspecified atom stereocenters. The van der Waals surface area contributed by atoms with E-state index in [1.165, 1.54) is 0 Å². The number of halogens is 2. The Balaban J connectivity index is 2.99. The number of aliphatic hydroxyl groups is 1. The lowest BCUT2D eigenvalue weighted by molar-refractivity contribution is 0.268. The molecular weight excluding hydrogens is 209 g/mol. The van der Waals surface area contributed by atoms with Crippen molar-refractivity contribution in [3.05, 3.63) is 33.8 Å². The van der Waals surface area contributed by atoms with Gasteiger partial charge in [-0.25, -0.2) is 0 Å². The van der Waals surface area contributed by atoms with Gasteiger partial charge in [-0.05, 0) is 17.7 Å². The Morgan fingerprint density at radius 3 is 2.54 bits per heavy atom. The lowest BCUT2D eigenvalue weighted by atomic mass is 10.0. The molecule has 0 saturated carbocycles. The molecule has 72 valence electrons. The maximum absolute atomic E-state index is 9.00. The summed E-state index contributed by atoms with van der Waals surface area (Å²) in [6, 6.07) is 5.18. The van der Waals surface area contributed by atoms with Gasteiger partial charge in [-0.3, -0.25) is 0 Å². The van der Waals surface area contributed by atoms with Gasteiger partial charge < -0.3 is 10.8 Å². The molecule has 0 aliphatic heterocycles. The molecule has 13 heavy (non-hydrogen) atoms. The summed E-state index contributed by atoms with van der Waals surface area (Å²) in [5.41, 5.74) is 6.31. The van der Waals surface area contributed by atoms with Gasteiger partial charge >= 0.3 is 0 Å². The SMILES string of the molecule is NCC(CO)c1ccc(Cl)cc1Cl. The molecule has 1 atom stereocenters. The summed E-state index contributed by atoms with van der Waals surface area (Å²) in [4.78, 5) is 0. The third kappa shape index (κ3) is 2.58. The second kappa shape index (κ2) is 4.82. The normalized spacial score (nSPS) is 12.9. The van der Waals surface area contributed by atoms with Gasteiger partial charge in [-0.15, -0.1) is 0 Å². The highest BCUT2D eigenvalue weighted by Crippen LogP contribution is 2.26. The van der Waals surface area contributed by atoms with Crippen molar-refractivity contribution in [3.8, 4) is 0 Å². The lowest BCUT2D eigenvalue weighted by Gasteiger charge is -2.13. The van der Waals surface area contributed by atoms with Gasteiger partial charge in [-0.2, -0.15) is 0 Å². The second-order valence-electron chi connectivity index (χ2n) is 2.78. The summed E-state index contributed by atoms with van der Waals surface area (Å²) in [7, 11) is 0. The van der Waals surface area contributed by atoms with Crippen LogP contribution in [0.15, 0.2) is 18.2 Å². The molecule has 1 rings (SSSR count). The molecule has 0 aliphatic rings. The average Bonchev–Trinajstić information content (AvgIpc) is 2.10. The van der Waals surface area contributed by atoms with E-state index in [1.807, 2.05) is 0 Å². The summed E-state index contributed by atoms with van der Waals surface area (Å²) in [6.07, 6.45) is 0. The minimum atomic E-state index is -0.107. The Bertz CT molecular complexity index is 287. The highest BCUT2D eigenvalue weighted by Gasteiger charge is 2.11. The zero-order chi connectivity index (χ0) is 9.84. The van der Waals surface area contributed by atoms with Crippen LogP contribution in [-0.2, 0) is 0 Å². The zero-order valence-electron chi connectivity index (χ0n) is 7.00. The molecule has 0 fully saturated rings. The van der Waals surface area contributed by atoms with Gasteiger partial charge in [0.15, 0.2) is 0 Å². The smallest absolute Gasteiger partial charge is 0.0512 e. The molecule has 0 bridgehead atoms. The highest BCUT2D eigenvalue weighted by atomic mass is 35.5. The average molecular weight is 220 g/mol. The van der Waals surface area contributed by atoms with Crippen molar-refractivity contribution < 1.29 is 5.11 Å². The first-order valence-corrected chi connectivity index (χ1v) is 4.70. The minimum absolute atomic E-state index is 0.00213. The molecule has 0 aromatic heterocycles. The fourth-order valence-corrected chi connectivity index (χ4v) is 1.70. The number of nitrogens with two attached hydrogens (primary N) is 1. The van der Waals surface area contributed by atoms with Crippen molar-refractivity contribution in [1.29, 1.82) is 0 Å². The van der Waals surface area contributed by atoms with Crippen LogP contribution in [0.5, 0.6) is 0 Å². The maximum Gasteiger partial charge on any atom is 0.0512 e. The second-order valence-corrected chi connectivity index (χ2v) is 3.62. The number of rotatable bonds is 3. The van der Waals surface area contributed by atoms with Crippen LogP contribution in [0.3, 0.4) is 0 Å². The molecular formula is C9H11Cl2NO. The minimum Gasteiger partial charge on any atom is -0.396 e. The summed E-state index contributed by atoms with van der Waals surface area (Å²) < 4.78 is 0. The first kappa shape index (κ1) is 10.8. The Morgan fingerprint density at radius 2 is 2.08 bits per heavy atom. The zero-order valence-corrected chi connectivity index (χ0v) is 8.52. The van der Waals surface area contributed by atoms with Gasteiger partial charge in [0.05, 0.1) is 6.61 Å². The van der Waals surface area contributed by atoms with E-state index >= 15 is 0 Å². The van der Waals surface area contributed by atoms with Crippen molar-refractivity contribution in [1.82, 2.24) is 0 Å². The molecule has 0 saturated heterocycles. The number of benzene rings is 1. The fraction of sp³-hybridized carbons (Fsp3) is 0.333. The Kier molecular flexibility index (Phi) is 4.00. The van der Waals surface area contributed by atoms with Gasteiger partial charge in [0.25, 0.3) is 0 Å². The maximum atomic E-state index is 9.00. The fourth-order valence-electron chi connectivity index (χ4n) is 1.13. The predicted octanol–water partition coefficient (Wildman–Crippen LogP) is 2.03. The predicted molar refractivity (Wildman–Crippen MR) is 55.3 cm³/mol. The summed E-state index contributed by atoms with van der Waals surface area (Å²) in [5.74, 6) is -0.107. The quantitative estimate of drug-likeness (QED) is 0.818. The monoisotopic (exact) mass is 219 g/mol. The van der Waals surface area contributed by atoms with E-state index in [0.29, 0.717) is 16.6 Å².